The Balaban J connectivity index is 1.69. The lowest BCUT2D eigenvalue weighted by Crippen LogP contribution is -2.23. The molecule has 0 atom stereocenters. The number of benzene rings is 1. The third kappa shape index (κ3) is 8.18. The van der Waals surface area contributed by atoms with E-state index in [1.807, 2.05) is 24.3 Å². The van der Waals surface area contributed by atoms with Gasteiger partial charge < -0.3 is 21.1 Å². The van der Waals surface area contributed by atoms with E-state index < -0.39 is 11.9 Å². The molecule has 2 aromatic heterocycles. The van der Waals surface area contributed by atoms with E-state index in [4.69, 9.17) is 21.1 Å². The molecule has 0 unspecified atom stereocenters. The average Bonchev–Trinajstić information content (AvgIpc) is 2.90. The maximum Gasteiger partial charge on any atom is 0.348 e. The van der Waals surface area contributed by atoms with Gasteiger partial charge in [-0.1, -0.05) is 28.5 Å². The van der Waals surface area contributed by atoms with Gasteiger partial charge in [0.1, 0.15) is 0 Å². The summed E-state index contributed by atoms with van der Waals surface area (Å²) in [6.45, 7) is 0.185. The van der Waals surface area contributed by atoms with Crippen molar-refractivity contribution in [1.82, 2.24) is 19.8 Å². The number of hydrogen-bond donors (Lipinski definition) is 2. The van der Waals surface area contributed by atoms with E-state index in [0.29, 0.717) is 22.5 Å². The topological polar surface area (TPSA) is 162 Å². The van der Waals surface area contributed by atoms with E-state index >= 15 is 0 Å². The molecule has 3 rings (SSSR count). The van der Waals surface area contributed by atoms with Gasteiger partial charge in [0.05, 0.1) is 24.5 Å². The average molecular weight is 519 g/mol. The van der Waals surface area contributed by atoms with Crippen LogP contribution in [-0.2, 0) is 19.3 Å². The first kappa shape index (κ1) is 27.9. The van der Waals surface area contributed by atoms with E-state index in [0.717, 1.165) is 11.1 Å². The van der Waals surface area contributed by atoms with Gasteiger partial charge in [0.15, 0.2) is 11.7 Å². The van der Waals surface area contributed by atoms with Gasteiger partial charge in [-0.2, -0.15) is 0 Å². The second-order valence-corrected chi connectivity index (χ2v) is 8.80. The lowest BCUT2D eigenvalue weighted by atomic mass is 10.0. The molecule has 0 fully saturated rings. The molecule has 0 aliphatic rings. The van der Waals surface area contributed by atoms with Crippen LogP contribution in [0.25, 0.3) is 22.5 Å². The molecule has 12 heteroatoms. The Morgan fingerprint density at radius 2 is 1.16 bits per heavy atom. The minimum atomic E-state index is -0.514. The largest absolute Gasteiger partial charge is 0.380 e. The van der Waals surface area contributed by atoms with Gasteiger partial charge in [0.25, 0.3) is 0 Å². The number of rotatable bonds is 10. The van der Waals surface area contributed by atoms with Crippen molar-refractivity contribution in [1.29, 1.82) is 0 Å². The molecule has 4 N–H and O–H groups in total. The Morgan fingerprint density at radius 3 is 1.50 bits per heavy atom. The molecule has 0 saturated carbocycles. The molecule has 12 nitrogen and oxygen atoms in total. The summed E-state index contributed by atoms with van der Waals surface area (Å²) in [5.74, 6) is -0.937. The van der Waals surface area contributed by atoms with Crippen LogP contribution in [-0.4, -0.2) is 84.7 Å². The van der Waals surface area contributed by atoms with Crippen molar-refractivity contribution in [2.45, 2.75) is 0 Å². The number of carbonyl (C=O) groups excluding carboxylic acids is 2. The first-order chi connectivity index (χ1) is 18.1. The van der Waals surface area contributed by atoms with E-state index in [9.17, 15) is 9.59 Å². The van der Waals surface area contributed by atoms with Gasteiger partial charge in [-0.3, -0.25) is 19.8 Å². The maximum atomic E-state index is 11.6. The summed E-state index contributed by atoms with van der Waals surface area (Å²) in [6, 6.07) is 14.8. The minimum absolute atomic E-state index is 0.0458. The third-order valence-corrected chi connectivity index (χ3v) is 4.95. The highest BCUT2D eigenvalue weighted by Gasteiger charge is 2.09. The summed E-state index contributed by atoms with van der Waals surface area (Å²) >= 11 is 0. The SMILES string of the molecule is CN(C)CC(=O)O/N=C(\N)c1ccc(-c2cccc(-c3ccc(/C(N)=N/OC(=O)CN(C)C)cn3)c2)nc1. The second kappa shape index (κ2) is 13.0. The zero-order valence-corrected chi connectivity index (χ0v) is 21.7. The van der Waals surface area contributed by atoms with Crippen molar-refractivity contribution in [3.05, 3.63) is 72.1 Å². The molecule has 198 valence electrons. The van der Waals surface area contributed by atoms with Crippen LogP contribution in [0.3, 0.4) is 0 Å². The zero-order chi connectivity index (χ0) is 27.7. The van der Waals surface area contributed by atoms with E-state index in [-0.39, 0.29) is 24.8 Å². The van der Waals surface area contributed by atoms with E-state index in [1.165, 1.54) is 0 Å². The Kier molecular flexibility index (Phi) is 9.57. The predicted molar refractivity (Wildman–Crippen MR) is 144 cm³/mol. The molecule has 0 aliphatic carbocycles. The number of nitrogens with zero attached hydrogens (tertiary/aromatic N) is 6. The standard InChI is InChI=1S/C26H30N8O4/c1-33(2)15-23(35)37-31-25(27)19-8-10-21(29-13-19)17-6-5-7-18(12-17)22-11-9-20(14-30-22)26(28)32-38-24(36)16-34(3)4/h5-14H,15-16H2,1-4H3,(H2,27,31)(H2,28,32). The van der Waals surface area contributed by atoms with Crippen LogP contribution in [0.5, 0.6) is 0 Å². The summed E-state index contributed by atoms with van der Waals surface area (Å²) < 4.78 is 0. The maximum absolute atomic E-state index is 11.6. The number of aromatic nitrogens is 2. The summed E-state index contributed by atoms with van der Waals surface area (Å²) in [7, 11) is 6.99. The van der Waals surface area contributed by atoms with Crippen molar-refractivity contribution in [2.75, 3.05) is 41.3 Å². The quantitative estimate of drug-likeness (QED) is 0.173. The van der Waals surface area contributed by atoms with Crippen molar-refractivity contribution < 1.29 is 19.3 Å². The monoisotopic (exact) mass is 518 g/mol. The van der Waals surface area contributed by atoms with Crippen molar-refractivity contribution in [3.8, 4) is 22.5 Å². The van der Waals surface area contributed by atoms with Crippen LogP contribution in [0.1, 0.15) is 11.1 Å². The van der Waals surface area contributed by atoms with Crippen LogP contribution < -0.4 is 11.5 Å². The van der Waals surface area contributed by atoms with Crippen molar-refractivity contribution in [2.24, 2.45) is 21.8 Å². The second-order valence-electron chi connectivity index (χ2n) is 8.80. The van der Waals surface area contributed by atoms with Crippen LogP contribution in [0.4, 0.5) is 0 Å². The fourth-order valence-electron chi connectivity index (χ4n) is 3.15. The summed E-state index contributed by atoms with van der Waals surface area (Å²) in [4.78, 5) is 45.2. The normalized spacial score (nSPS) is 12.1. The van der Waals surface area contributed by atoms with Gasteiger partial charge in [0, 0.05) is 34.6 Å². The minimum Gasteiger partial charge on any atom is -0.380 e. The molecular formula is C26H30N8O4. The molecular weight excluding hydrogens is 488 g/mol. The molecule has 1 aromatic carbocycles. The molecule has 38 heavy (non-hydrogen) atoms. The van der Waals surface area contributed by atoms with Crippen LogP contribution >= 0.6 is 0 Å². The first-order valence-corrected chi connectivity index (χ1v) is 11.5. The Labute approximate surface area is 220 Å². The highest BCUT2D eigenvalue weighted by atomic mass is 16.7. The lowest BCUT2D eigenvalue weighted by molar-refractivity contribution is -0.145. The van der Waals surface area contributed by atoms with Gasteiger partial charge in [0.2, 0.25) is 0 Å². The molecule has 0 spiro atoms. The summed E-state index contributed by atoms with van der Waals surface area (Å²) in [6.07, 6.45) is 3.11. The van der Waals surface area contributed by atoms with Crippen LogP contribution in [0, 0.1) is 0 Å². The smallest absolute Gasteiger partial charge is 0.348 e. The Bertz CT molecular complexity index is 1220. The van der Waals surface area contributed by atoms with Gasteiger partial charge in [-0.15, -0.1) is 0 Å². The highest BCUT2D eigenvalue weighted by molar-refractivity contribution is 5.98. The fraction of sp³-hybridized carbons (Fsp3) is 0.231. The number of amidine groups is 2. The van der Waals surface area contributed by atoms with E-state index in [2.05, 4.69) is 20.3 Å². The molecule has 0 amide bonds. The molecule has 3 aromatic rings. The number of nitrogens with two attached hydrogens (primary N) is 2. The number of carbonyl (C=O) groups is 2. The number of hydrogen-bond acceptors (Lipinski definition) is 10. The summed E-state index contributed by atoms with van der Waals surface area (Å²) in [5, 5.41) is 7.36. The van der Waals surface area contributed by atoms with Gasteiger partial charge in [-0.25, -0.2) is 9.59 Å². The van der Waals surface area contributed by atoms with E-state index in [1.54, 1.807) is 74.6 Å². The van der Waals surface area contributed by atoms with Crippen molar-refractivity contribution in [3.63, 3.8) is 0 Å². The van der Waals surface area contributed by atoms with Crippen LogP contribution in [0.2, 0.25) is 0 Å². The van der Waals surface area contributed by atoms with Crippen LogP contribution in [0.15, 0.2) is 71.2 Å². The fourth-order valence-corrected chi connectivity index (χ4v) is 3.15. The molecule has 0 aliphatic heterocycles. The number of pyridine rings is 2. The molecule has 0 bridgehead atoms. The van der Waals surface area contributed by atoms with Gasteiger partial charge in [-0.05, 0) is 58.5 Å². The zero-order valence-electron chi connectivity index (χ0n) is 21.7. The Hall–Kier alpha value is -4.68. The Morgan fingerprint density at radius 1 is 0.737 bits per heavy atom. The third-order valence-electron chi connectivity index (χ3n) is 4.95. The predicted octanol–water partition coefficient (Wildman–Crippen LogP) is 1.26. The molecule has 2 heterocycles. The number of oxime groups is 2. The highest BCUT2D eigenvalue weighted by Crippen LogP contribution is 2.24. The first-order valence-electron chi connectivity index (χ1n) is 11.5. The lowest BCUT2D eigenvalue weighted by Gasteiger charge is -2.08. The van der Waals surface area contributed by atoms with Crippen molar-refractivity contribution >= 4 is 23.6 Å². The molecule has 0 saturated heterocycles. The number of likely N-dealkylation sites (N-methyl/N-ethyl adjacent to an activating group) is 2. The van der Waals surface area contributed by atoms with Gasteiger partial charge >= 0.3 is 11.9 Å². The summed E-state index contributed by atoms with van der Waals surface area (Å²) in [5.41, 5.74) is 16.0. The molecule has 0 radical (unpaired) electrons.